The highest BCUT2D eigenvalue weighted by atomic mass is 14.9. The van der Waals surface area contributed by atoms with Gasteiger partial charge in [0.2, 0.25) is 0 Å². The largest absolute Gasteiger partial charge is 0.391 e. The highest BCUT2D eigenvalue weighted by Gasteiger charge is 1.93. The first-order valence-electron chi connectivity index (χ1n) is 4.59. The van der Waals surface area contributed by atoms with Crippen molar-refractivity contribution in [2.45, 2.75) is 25.7 Å². The lowest BCUT2D eigenvalue weighted by Crippen LogP contribution is -2.21. The molecule has 0 radical (unpaired) electrons. The van der Waals surface area contributed by atoms with E-state index in [1.807, 2.05) is 6.20 Å². The normalized spacial score (nSPS) is 21.8. The van der Waals surface area contributed by atoms with Gasteiger partial charge in [0, 0.05) is 6.54 Å². The van der Waals surface area contributed by atoms with Gasteiger partial charge in [-0.3, -0.25) is 0 Å². The molecule has 2 heterocycles. The van der Waals surface area contributed by atoms with Gasteiger partial charge in [-0.05, 0) is 38.6 Å². The van der Waals surface area contributed by atoms with Crippen molar-refractivity contribution in [2.75, 3.05) is 19.6 Å². The first-order valence-corrected chi connectivity index (χ1v) is 4.59. The SMILES string of the molecule is C1=CNCC1.C1CCNCC1. The summed E-state index contributed by atoms with van der Waals surface area (Å²) in [6.07, 6.45) is 9.53. The fraction of sp³-hybridized carbons (Fsp3) is 0.778. The molecule has 0 aliphatic carbocycles. The Morgan fingerprint density at radius 3 is 1.91 bits per heavy atom. The molecule has 2 N–H and O–H groups in total. The van der Waals surface area contributed by atoms with Crippen molar-refractivity contribution in [1.82, 2.24) is 10.6 Å². The lowest BCUT2D eigenvalue weighted by molar-refractivity contribution is 0.520. The minimum atomic E-state index is 1.14. The van der Waals surface area contributed by atoms with E-state index in [-0.39, 0.29) is 0 Å². The van der Waals surface area contributed by atoms with E-state index in [2.05, 4.69) is 16.7 Å². The van der Waals surface area contributed by atoms with Crippen LogP contribution in [-0.2, 0) is 0 Å². The smallest absolute Gasteiger partial charge is 0.0176 e. The maximum Gasteiger partial charge on any atom is 0.0176 e. The molecule has 2 aliphatic heterocycles. The van der Waals surface area contributed by atoms with E-state index in [4.69, 9.17) is 0 Å². The number of rotatable bonds is 0. The monoisotopic (exact) mass is 154 g/mol. The van der Waals surface area contributed by atoms with E-state index in [1.165, 1.54) is 38.8 Å². The summed E-state index contributed by atoms with van der Waals surface area (Å²) in [5.74, 6) is 0. The number of nitrogens with one attached hydrogen (secondary N) is 2. The van der Waals surface area contributed by atoms with Gasteiger partial charge >= 0.3 is 0 Å². The van der Waals surface area contributed by atoms with Crippen LogP contribution in [0.15, 0.2) is 12.3 Å². The Hall–Kier alpha value is -0.500. The summed E-state index contributed by atoms with van der Waals surface area (Å²) in [6.45, 7) is 3.64. The van der Waals surface area contributed by atoms with Gasteiger partial charge in [0.1, 0.15) is 0 Å². The van der Waals surface area contributed by atoms with E-state index < -0.39 is 0 Å². The van der Waals surface area contributed by atoms with Crippen LogP contribution in [-0.4, -0.2) is 19.6 Å². The molecule has 0 atom stereocenters. The van der Waals surface area contributed by atoms with E-state index in [1.54, 1.807) is 0 Å². The molecule has 1 saturated heterocycles. The van der Waals surface area contributed by atoms with Crippen LogP contribution in [0.25, 0.3) is 0 Å². The molecule has 11 heavy (non-hydrogen) atoms. The molecule has 2 nitrogen and oxygen atoms in total. The molecule has 0 amide bonds. The van der Waals surface area contributed by atoms with Crippen molar-refractivity contribution in [3.05, 3.63) is 12.3 Å². The maximum atomic E-state index is 3.28. The molecule has 0 spiro atoms. The summed E-state index contributed by atoms with van der Waals surface area (Å²) in [5.41, 5.74) is 0. The van der Waals surface area contributed by atoms with Crippen LogP contribution in [0.3, 0.4) is 0 Å². The Morgan fingerprint density at radius 1 is 0.909 bits per heavy atom. The van der Waals surface area contributed by atoms with Gasteiger partial charge in [-0.15, -0.1) is 0 Å². The second-order valence-corrected chi connectivity index (χ2v) is 2.96. The van der Waals surface area contributed by atoms with Crippen molar-refractivity contribution in [3.8, 4) is 0 Å². The molecule has 0 aromatic carbocycles. The number of piperidine rings is 1. The van der Waals surface area contributed by atoms with Crippen molar-refractivity contribution in [1.29, 1.82) is 0 Å². The molecule has 2 heteroatoms. The van der Waals surface area contributed by atoms with Crippen LogP contribution >= 0.6 is 0 Å². The molecule has 0 bridgehead atoms. The second kappa shape index (κ2) is 6.23. The predicted octanol–water partition coefficient (Wildman–Crippen LogP) is 1.25. The summed E-state index contributed by atoms with van der Waals surface area (Å²) >= 11 is 0. The van der Waals surface area contributed by atoms with E-state index >= 15 is 0 Å². The highest BCUT2D eigenvalue weighted by molar-refractivity contribution is 4.86. The van der Waals surface area contributed by atoms with Gasteiger partial charge < -0.3 is 10.6 Å². The second-order valence-electron chi connectivity index (χ2n) is 2.96. The van der Waals surface area contributed by atoms with Crippen LogP contribution in [0, 0.1) is 0 Å². The van der Waals surface area contributed by atoms with Crippen molar-refractivity contribution in [3.63, 3.8) is 0 Å². The minimum absolute atomic E-state index is 1.14. The summed E-state index contributed by atoms with van der Waals surface area (Å²) < 4.78 is 0. The zero-order chi connectivity index (χ0) is 7.78. The summed E-state index contributed by atoms with van der Waals surface area (Å²) in [5, 5.41) is 6.33. The Morgan fingerprint density at radius 2 is 1.73 bits per heavy atom. The Bertz CT molecular complexity index is 88.6. The van der Waals surface area contributed by atoms with E-state index in [9.17, 15) is 0 Å². The molecule has 2 aliphatic rings. The minimum Gasteiger partial charge on any atom is -0.391 e. The lowest BCUT2D eigenvalue weighted by atomic mass is 10.2. The van der Waals surface area contributed by atoms with Crippen LogP contribution in [0.4, 0.5) is 0 Å². The standard InChI is InChI=1S/C5H11N.C4H7N/c1-2-4-6-5-3-1;1-2-4-5-3-1/h6H,1-5H2;1,3,5H,2,4H2. The van der Waals surface area contributed by atoms with E-state index in [0.717, 1.165) is 6.54 Å². The number of hydrogen-bond acceptors (Lipinski definition) is 2. The summed E-state index contributed by atoms with van der Waals surface area (Å²) in [7, 11) is 0. The van der Waals surface area contributed by atoms with Crippen LogP contribution in [0.2, 0.25) is 0 Å². The zero-order valence-electron chi connectivity index (χ0n) is 7.10. The first kappa shape index (κ1) is 8.60. The molecule has 0 unspecified atom stereocenters. The first-order chi connectivity index (χ1) is 5.50. The highest BCUT2D eigenvalue weighted by Crippen LogP contribution is 1.96. The van der Waals surface area contributed by atoms with Crippen LogP contribution in [0.5, 0.6) is 0 Å². The molecule has 0 saturated carbocycles. The molecular formula is C9H18N2. The fourth-order valence-corrected chi connectivity index (χ4v) is 1.22. The van der Waals surface area contributed by atoms with Crippen molar-refractivity contribution in [2.24, 2.45) is 0 Å². The third kappa shape index (κ3) is 4.85. The van der Waals surface area contributed by atoms with Gasteiger partial charge in [0.15, 0.2) is 0 Å². The van der Waals surface area contributed by atoms with Crippen molar-refractivity contribution < 1.29 is 0 Å². The topological polar surface area (TPSA) is 24.1 Å². The van der Waals surface area contributed by atoms with E-state index in [0.29, 0.717) is 0 Å². The Kier molecular flexibility index (Phi) is 4.86. The maximum absolute atomic E-state index is 3.28. The van der Waals surface area contributed by atoms with Gasteiger partial charge in [-0.25, -0.2) is 0 Å². The Balaban J connectivity index is 0.000000112. The molecule has 0 aromatic rings. The molecule has 64 valence electrons. The molecule has 2 rings (SSSR count). The van der Waals surface area contributed by atoms with Crippen LogP contribution in [0.1, 0.15) is 25.7 Å². The third-order valence-electron chi connectivity index (χ3n) is 1.90. The van der Waals surface area contributed by atoms with Gasteiger partial charge in [0.05, 0.1) is 0 Å². The molecular weight excluding hydrogens is 136 g/mol. The molecule has 1 fully saturated rings. The van der Waals surface area contributed by atoms with Gasteiger partial charge in [-0.2, -0.15) is 0 Å². The molecule has 0 aromatic heterocycles. The van der Waals surface area contributed by atoms with Gasteiger partial charge in [0.25, 0.3) is 0 Å². The third-order valence-corrected chi connectivity index (χ3v) is 1.90. The van der Waals surface area contributed by atoms with Crippen molar-refractivity contribution >= 4 is 0 Å². The average Bonchev–Trinajstić information content (AvgIpc) is 2.64. The summed E-state index contributed by atoms with van der Waals surface area (Å²) in [6, 6.07) is 0. The van der Waals surface area contributed by atoms with Crippen LogP contribution < -0.4 is 10.6 Å². The fourth-order valence-electron chi connectivity index (χ4n) is 1.22. The quantitative estimate of drug-likeness (QED) is 0.549. The average molecular weight is 154 g/mol. The zero-order valence-corrected chi connectivity index (χ0v) is 7.10. The number of hydrogen-bond donors (Lipinski definition) is 2. The predicted molar refractivity (Wildman–Crippen MR) is 48.5 cm³/mol. The Labute approximate surface area is 69.1 Å². The van der Waals surface area contributed by atoms with Gasteiger partial charge in [-0.1, -0.05) is 12.5 Å². The lowest BCUT2D eigenvalue weighted by Gasteiger charge is -2.08. The summed E-state index contributed by atoms with van der Waals surface area (Å²) in [4.78, 5) is 0.